The molecule has 1 heterocycles. The summed E-state index contributed by atoms with van der Waals surface area (Å²) in [5, 5.41) is 4.24. The first-order valence-corrected chi connectivity index (χ1v) is 7.46. The van der Waals surface area contributed by atoms with Crippen LogP contribution < -0.4 is 5.32 Å². The molecule has 1 N–H and O–H groups in total. The molecule has 2 aromatic rings. The van der Waals surface area contributed by atoms with Crippen LogP contribution in [0.4, 0.5) is 0 Å². The minimum atomic E-state index is 0.185. The Balaban J connectivity index is 2.21. The lowest BCUT2D eigenvalue weighted by Gasteiger charge is -2.18. The van der Waals surface area contributed by atoms with Crippen LogP contribution in [0.3, 0.4) is 0 Å². The van der Waals surface area contributed by atoms with Gasteiger partial charge in [-0.25, -0.2) is 0 Å². The zero-order valence-corrected chi connectivity index (χ0v) is 13.1. The van der Waals surface area contributed by atoms with Gasteiger partial charge in [0.25, 0.3) is 0 Å². The van der Waals surface area contributed by atoms with E-state index >= 15 is 0 Å². The third-order valence-corrected chi connectivity index (χ3v) is 3.78. The number of nitrogens with one attached hydrogen (secondary N) is 1. The molecule has 0 bridgehead atoms. The molecule has 0 aliphatic carbocycles. The summed E-state index contributed by atoms with van der Waals surface area (Å²) in [6.07, 6.45) is 2.65. The molecule has 0 radical (unpaired) electrons. The van der Waals surface area contributed by atoms with E-state index < -0.39 is 0 Å². The van der Waals surface area contributed by atoms with Gasteiger partial charge in [-0.05, 0) is 42.8 Å². The van der Waals surface area contributed by atoms with Crippen LogP contribution in [0.15, 0.2) is 47.1 Å². The number of hydrogen-bond acceptors (Lipinski definition) is 2. The van der Waals surface area contributed by atoms with E-state index in [1.165, 1.54) is 0 Å². The second-order valence-electron chi connectivity index (χ2n) is 4.30. The third kappa shape index (κ3) is 4.03. The van der Waals surface area contributed by atoms with Crippen molar-refractivity contribution in [2.75, 3.05) is 6.54 Å². The minimum Gasteiger partial charge on any atom is -0.309 e. The van der Waals surface area contributed by atoms with Crippen molar-refractivity contribution in [1.82, 2.24) is 10.3 Å². The fraction of sp³-hybridized carbons (Fsp3) is 0.267. The Labute approximate surface area is 127 Å². The Bertz CT molecular complexity index is 531. The fourth-order valence-corrected chi connectivity index (χ4v) is 2.77. The molecule has 0 saturated heterocycles. The van der Waals surface area contributed by atoms with Crippen LogP contribution in [0.5, 0.6) is 0 Å². The number of halogens is 2. The Morgan fingerprint density at radius 3 is 2.79 bits per heavy atom. The molecule has 4 heteroatoms. The normalized spacial score (nSPS) is 12.4. The molecule has 2 rings (SSSR count). The Kier molecular flexibility index (Phi) is 5.37. The van der Waals surface area contributed by atoms with E-state index in [1.54, 1.807) is 0 Å². The van der Waals surface area contributed by atoms with Crippen molar-refractivity contribution in [3.05, 3.63) is 63.3 Å². The third-order valence-electron chi connectivity index (χ3n) is 2.93. The van der Waals surface area contributed by atoms with Crippen LogP contribution in [0.25, 0.3) is 0 Å². The summed E-state index contributed by atoms with van der Waals surface area (Å²) in [6, 6.07) is 12.2. The van der Waals surface area contributed by atoms with Crippen LogP contribution in [0.2, 0.25) is 5.02 Å². The van der Waals surface area contributed by atoms with E-state index in [0.717, 1.165) is 33.7 Å². The summed E-state index contributed by atoms with van der Waals surface area (Å²) in [6.45, 7) is 2.99. The van der Waals surface area contributed by atoms with Crippen LogP contribution in [-0.2, 0) is 6.42 Å². The second kappa shape index (κ2) is 7.04. The molecule has 1 unspecified atom stereocenters. The van der Waals surface area contributed by atoms with Gasteiger partial charge in [-0.2, -0.15) is 0 Å². The van der Waals surface area contributed by atoms with Crippen LogP contribution in [0, 0.1) is 0 Å². The first-order chi connectivity index (χ1) is 9.20. The van der Waals surface area contributed by atoms with Gasteiger partial charge in [-0.1, -0.05) is 46.6 Å². The molecule has 0 aliphatic rings. The monoisotopic (exact) mass is 338 g/mol. The van der Waals surface area contributed by atoms with Gasteiger partial charge in [0.05, 0.1) is 11.7 Å². The summed E-state index contributed by atoms with van der Waals surface area (Å²) >= 11 is 9.71. The lowest BCUT2D eigenvalue weighted by molar-refractivity contribution is 0.537. The zero-order chi connectivity index (χ0) is 13.7. The van der Waals surface area contributed by atoms with Gasteiger partial charge in [0.1, 0.15) is 0 Å². The smallest absolute Gasteiger partial charge is 0.0576 e. The van der Waals surface area contributed by atoms with Crippen molar-refractivity contribution in [2.45, 2.75) is 19.4 Å². The molecule has 0 saturated carbocycles. The zero-order valence-electron chi connectivity index (χ0n) is 10.7. The van der Waals surface area contributed by atoms with Gasteiger partial charge in [0.2, 0.25) is 0 Å². The molecule has 19 heavy (non-hydrogen) atoms. The van der Waals surface area contributed by atoms with Crippen LogP contribution >= 0.6 is 27.5 Å². The highest BCUT2D eigenvalue weighted by Gasteiger charge is 2.14. The largest absolute Gasteiger partial charge is 0.309 e. The predicted molar refractivity (Wildman–Crippen MR) is 83.5 cm³/mol. The SMILES string of the molecule is CCNC(Cc1ccc(Br)cc1Cl)c1ccccn1. The number of hydrogen-bond donors (Lipinski definition) is 1. The topological polar surface area (TPSA) is 24.9 Å². The lowest BCUT2D eigenvalue weighted by atomic mass is 10.0. The van der Waals surface area contributed by atoms with Crippen molar-refractivity contribution in [2.24, 2.45) is 0 Å². The van der Waals surface area contributed by atoms with Gasteiger partial charge in [0.15, 0.2) is 0 Å². The Morgan fingerprint density at radius 2 is 2.16 bits per heavy atom. The standard InChI is InChI=1S/C15H16BrClN2/c1-2-18-15(14-5-3-4-8-19-14)9-11-6-7-12(16)10-13(11)17/h3-8,10,15,18H,2,9H2,1H3. The summed E-state index contributed by atoms with van der Waals surface area (Å²) in [4.78, 5) is 4.43. The molecule has 0 spiro atoms. The van der Waals surface area contributed by atoms with E-state index in [4.69, 9.17) is 11.6 Å². The van der Waals surface area contributed by atoms with Crippen LogP contribution in [-0.4, -0.2) is 11.5 Å². The van der Waals surface area contributed by atoms with Crippen LogP contribution in [0.1, 0.15) is 24.2 Å². The average Bonchev–Trinajstić information content (AvgIpc) is 2.42. The van der Waals surface area contributed by atoms with E-state index in [-0.39, 0.29) is 6.04 Å². The molecule has 0 aliphatic heterocycles. The summed E-state index contributed by atoms with van der Waals surface area (Å²) in [5.41, 5.74) is 2.17. The molecule has 1 aromatic carbocycles. The number of rotatable bonds is 5. The predicted octanol–water partition coefficient (Wildman–Crippen LogP) is 4.39. The number of pyridine rings is 1. The maximum Gasteiger partial charge on any atom is 0.0576 e. The van der Waals surface area contributed by atoms with Gasteiger partial charge < -0.3 is 5.32 Å². The highest BCUT2D eigenvalue weighted by Crippen LogP contribution is 2.25. The number of benzene rings is 1. The average molecular weight is 340 g/mol. The quantitative estimate of drug-likeness (QED) is 0.874. The van der Waals surface area contributed by atoms with Gasteiger partial charge in [-0.15, -0.1) is 0 Å². The van der Waals surface area contributed by atoms with E-state index in [9.17, 15) is 0 Å². The van der Waals surface area contributed by atoms with E-state index in [1.807, 2.05) is 36.5 Å². The van der Waals surface area contributed by atoms with E-state index in [2.05, 4.69) is 39.2 Å². The molecular formula is C15H16BrClN2. The highest BCUT2D eigenvalue weighted by molar-refractivity contribution is 9.10. The van der Waals surface area contributed by atoms with Crippen molar-refractivity contribution in [3.63, 3.8) is 0 Å². The van der Waals surface area contributed by atoms with Crippen molar-refractivity contribution < 1.29 is 0 Å². The highest BCUT2D eigenvalue weighted by atomic mass is 79.9. The van der Waals surface area contributed by atoms with Crippen molar-refractivity contribution in [3.8, 4) is 0 Å². The number of likely N-dealkylation sites (N-methyl/N-ethyl adjacent to an activating group) is 1. The molecule has 0 amide bonds. The number of aromatic nitrogens is 1. The lowest BCUT2D eigenvalue weighted by Crippen LogP contribution is -2.23. The Morgan fingerprint density at radius 1 is 1.32 bits per heavy atom. The second-order valence-corrected chi connectivity index (χ2v) is 5.63. The van der Waals surface area contributed by atoms with Gasteiger partial charge >= 0.3 is 0 Å². The molecule has 2 nitrogen and oxygen atoms in total. The molecule has 0 fully saturated rings. The fourth-order valence-electron chi connectivity index (χ4n) is 2.02. The van der Waals surface area contributed by atoms with Gasteiger partial charge in [-0.3, -0.25) is 4.98 Å². The number of nitrogens with zero attached hydrogens (tertiary/aromatic N) is 1. The van der Waals surface area contributed by atoms with Gasteiger partial charge in [0, 0.05) is 15.7 Å². The summed E-state index contributed by atoms with van der Waals surface area (Å²) in [7, 11) is 0. The summed E-state index contributed by atoms with van der Waals surface area (Å²) in [5.74, 6) is 0. The minimum absolute atomic E-state index is 0.185. The molecular weight excluding hydrogens is 324 g/mol. The maximum absolute atomic E-state index is 6.28. The van der Waals surface area contributed by atoms with E-state index in [0.29, 0.717) is 0 Å². The Hall–Kier alpha value is -0.900. The molecule has 1 aromatic heterocycles. The maximum atomic E-state index is 6.28. The molecule has 100 valence electrons. The molecule has 1 atom stereocenters. The first kappa shape index (κ1) is 14.5. The van der Waals surface area contributed by atoms with Crippen molar-refractivity contribution >= 4 is 27.5 Å². The first-order valence-electron chi connectivity index (χ1n) is 6.29. The van der Waals surface area contributed by atoms with Crippen molar-refractivity contribution in [1.29, 1.82) is 0 Å². The summed E-state index contributed by atoms with van der Waals surface area (Å²) < 4.78 is 0.999.